The minimum atomic E-state index is -0.385. The molecule has 0 atom stereocenters. The van der Waals surface area contributed by atoms with E-state index in [1.807, 2.05) is 12.1 Å². The van der Waals surface area contributed by atoms with Crippen LogP contribution in [0.3, 0.4) is 0 Å². The number of hydrogen-bond acceptors (Lipinski definition) is 4. The second-order valence-corrected chi connectivity index (χ2v) is 3.84. The van der Waals surface area contributed by atoms with E-state index in [-0.39, 0.29) is 5.54 Å². The number of aliphatic imine (C=N–C) groups is 1. The summed E-state index contributed by atoms with van der Waals surface area (Å²) in [6, 6.07) is 5.57. The van der Waals surface area contributed by atoms with Crippen molar-refractivity contribution < 1.29 is 14.3 Å². The van der Waals surface area contributed by atoms with Crippen LogP contribution in [0.2, 0.25) is 0 Å². The molecule has 1 fully saturated rings. The van der Waals surface area contributed by atoms with Crippen molar-refractivity contribution in [2.45, 2.75) is 18.4 Å². The molecule has 0 aromatic heterocycles. The molecule has 0 radical (unpaired) electrons. The third-order valence-corrected chi connectivity index (χ3v) is 2.87. The molecule has 84 valence electrons. The van der Waals surface area contributed by atoms with Crippen LogP contribution in [-0.4, -0.2) is 20.3 Å². The summed E-state index contributed by atoms with van der Waals surface area (Å²) in [5.41, 5.74) is 0.566. The molecule has 0 aliphatic heterocycles. The summed E-state index contributed by atoms with van der Waals surface area (Å²) in [5.74, 6) is 1.42. The number of nitrogens with zero attached hydrogens (tertiary/aromatic N) is 1. The van der Waals surface area contributed by atoms with Crippen molar-refractivity contribution >= 4 is 6.08 Å². The first-order chi connectivity index (χ1) is 7.74. The van der Waals surface area contributed by atoms with Crippen molar-refractivity contribution in [1.29, 1.82) is 0 Å². The van der Waals surface area contributed by atoms with Gasteiger partial charge in [-0.25, -0.2) is 4.79 Å². The minimum absolute atomic E-state index is 0.385. The molecule has 1 saturated carbocycles. The van der Waals surface area contributed by atoms with Gasteiger partial charge in [0.05, 0.1) is 19.8 Å². The molecule has 1 aliphatic carbocycles. The molecule has 1 aliphatic rings. The molecule has 0 spiro atoms. The second kappa shape index (κ2) is 3.99. The number of carbonyl (C=O) groups excluding carboxylic acids is 1. The second-order valence-electron chi connectivity index (χ2n) is 3.84. The first kappa shape index (κ1) is 10.7. The summed E-state index contributed by atoms with van der Waals surface area (Å²) < 4.78 is 10.4. The standard InChI is InChI=1S/C12H13NO3/c1-15-10-5-9(6-11(7-10)16-2)12(3-4-12)13-8-14/h5-7H,3-4H2,1-2H3. The Morgan fingerprint density at radius 1 is 1.19 bits per heavy atom. The first-order valence-electron chi connectivity index (χ1n) is 5.07. The lowest BCUT2D eigenvalue weighted by molar-refractivity contribution is 0.392. The van der Waals surface area contributed by atoms with Crippen molar-refractivity contribution in [2.75, 3.05) is 14.2 Å². The quantitative estimate of drug-likeness (QED) is 0.575. The van der Waals surface area contributed by atoms with Gasteiger partial charge in [0.1, 0.15) is 11.5 Å². The summed E-state index contributed by atoms with van der Waals surface area (Å²) in [6.07, 6.45) is 3.38. The Kier molecular flexibility index (Phi) is 2.67. The Morgan fingerprint density at radius 2 is 1.75 bits per heavy atom. The van der Waals surface area contributed by atoms with E-state index in [1.165, 1.54) is 0 Å². The van der Waals surface area contributed by atoms with Crippen LogP contribution in [0.4, 0.5) is 0 Å². The highest BCUT2D eigenvalue weighted by molar-refractivity contribution is 5.47. The fraction of sp³-hybridized carbons (Fsp3) is 0.417. The van der Waals surface area contributed by atoms with E-state index in [0.29, 0.717) is 11.5 Å². The summed E-state index contributed by atoms with van der Waals surface area (Å²) in [4.78, 5) is 14.3. The Balaban J connectivity index is 2.44. The predicted molar refractivity (Wildman–Crippen MR) is 58.6 cm³/mol. The Labute approximate surface area is 93.9 Å². The predicted octanol–water partition coefficient (Wildman–Crippen LogP) is 2.03. The van der Waals surface area contributed by atoms with Gasteiger partial charge in [0, 0.05) is 6.07 Å². The zero-order chi connectivity index (χ0) is 11.6. The van der Waals surface area contributed by atoms with Crippen LogP contribution in [0.5, 0.6) is 11.5 Å². The normalized spacial score (nSPS) is 16.1. The number of isocyanates is 1. The van der Waals surface area contributed by atoms with Crippen molar-refractivity contribution in [2.24, 2.45) is 4.99 Å². The molecule has 0 amide bonds. The SMILES string of the molecule is COc1cc(OC)cc(C2(N=C=O)CC2)c1. The number of hydrogen-bond donors (Lipinski definition) is 0. The van der Waals surface area contributed by atoms with Crippen LogP contribution in [0, 0.1) is 0 Å². The molecule has 0 saturated heterocycles. The molecular formula is C12H13NO3. The number of rotatable bonds is 4. The van der Waals surface area contributed by atoms with Crippen LogP contribution in [0.1, 0.15) is 18.4 Å². The maximum absolute atomic E-state index is 10.4. The zero-order valence-corrected chi connectivity index (χ0v) is 9.32. The van der Waals surface area contributed by atoms with E-state index in [0.717, 1.165) is 18.4 Å². The highest BCUT2D eigenvalue weighted by Gasteiger charge is 2.45. The third-order valence-electron chi connectivity index (χ3n) is 2.87. The molecule has 1 aromatic rings. The largest absolute Gasteiger partial charge is 0.497 e. The lowest BCUT2D eigenvalue weighted by Crippen LogP contribution is -2.03. The van der Waals surface area contributed by atoms with Crippen molar-refractivity contribution in [1.82, 2.24) is 0 Å². The van der Waals surface area contributed by atoms with Crippen LogP contribution in [0.15, 0.2) is 23.2 Å². The molecule has 16 heavy (non-hydrogen) atoms. The number of methoxy groups -OCH3 is 2. The topological polar surface area (TPSA) is 47.9 Å². The summed E-state index contributed by atoms with van der Waals surface area (Å²) in [5, 5.41) is 0. The van der Waals surface area contributed by atoms with Crippen LogP contribution < -0.4 is 9.47 Å². The van der Waals surface area contributed by atoms with Gasteiger partial charge in [-0.3, -0.25) is 0 Å². The van der Waals surface area contributed by atoms with Crippen LogP contribution in [-0.2, 0) is 10.3 Å². The fourth-order valence-corrected chi connectivity index (χ4v) is 1.75. The third kappa shape index (κ3) is 1.79. The smallest absolute Gasteiger partial charge is 0.235 e. The number of ether oxygens (including phenoxy) is 2. The van der Waals surface area contributed by atoms with E-state index in [9.17, 15) is 4.79 Å². The lowest BCUT2D eigenvalue weighted by atomic mass is 10.0. The Morgan fingerprint density at radius 3 is 2.12 bits per heavy atom. The molecule has 0 unspecified atom stereocenters. The van der Waals surface area contributed by atoms with Gasteiger partial charge in [0.25, 0.3) is 0 Å². The van der Waals surface area contributed by atoms with Crippen LogP contribution in [0.25, 0.3) is 0 Å². The van der Waals surface area contributed by atoms with Gasteiger partial charge in [0.15, 0.2) is 0 Å². The molecule has 4 heteroatoms. The molecular weight excluding hydrogens is 206 g/mol. The molecule has 0 bridgehead atoms. The molecule has 2 rings (SSSR count). The van der Waals surface area contributed by atoms with E-state index in [4.69, 9.17) is 9.47 Å². The maximum Gasteiger partial charge on any atom is 0.235 e. The van der Waals surface area contributed by atoms with Gasteiger partial charge in [-0.15, -0.1) is 0 Å². The maximum atomic E-state index is 10.4. The summed E-state index contributed by atoms with van der Waals surface area (Å²) >= 11 is 0. The summed E-state index contributed by atoms with van der Waals surface area (Å²) in [6.45, 7) is 0. The fourth-order valence-electron chi connectivity index (χ4n) is 1.75. The van der Waals surface area contributed by atoms with E-state index < -0.39 is 0 Å². The van der Waals surface area contributed by atoms with Gasteiger partial charge >= 0.3 is 0 Å². The Bertz CT molecular complexity index is 423. The number of benzene rings is 1. The van der Waals surface area contributed by atoms with Crippen LogP contribution >= 0.6 is 0 Å². The highest BCUT2D eigenvalue weighted by Crippen LogP contribution is 2.50. The average Bonchev–Trinajstić information content (AvgIpc) is 3.10. The van der Waals surface area contributed by atoms with Gasteiger partial charge < -0.3 is 9.47 Å². The van der Waals surface area contributed by atoms with Gasteiger partial charge in [-0.05, 0) is 30.5 Å². The van der Waals surface area contributed by atoms with E-state index >= 15 is 0 Å². The monoisotopic (exact) mass is 219 g/mol. The van der Waals surface area contributed by atoms with Gasteiger partial charge in [0.2, 0.25) is 6.08 Å². The Hall–Kier alpha value is -1.80. The van der Waals surface area contributed by atoms with Crippen molar-refractivity contribution in [3.63, 3.8) is 0 Å². The van der Waals surface area contributed by atoms with E-state index in [2.05, 4.69) is 4.99 Å². The van der Waals surface area contributed by atoms with Crippen molar-refractivity contribution in [3.8, 4) is 11.5 Å². The first-order valence-corrected chi connectivity index (χ1v) is 5.07. The highest BCUT2D eigenvalue weighted by atomic mass is 16.5. The minimum Gasteiger partial charge on any atom is -0.497 e. The molecule has 4 nitrogen and oxygen atoms in total. The average molecular weight is 219 g/mol. The molecule has 0 N–H and O–H groups in total. The molecule has 1 aromatic carbocycles. The van der Waals surface area contributed by atoms with Crippen molar-refractivity contribution in [3.05, 3.63) is 23.8 Å². The van der Waals surface area contributed by atoms with E-state index in [1.54, 1.807) is 26.4 Å². The van der Waals surface area contributed by atoms with Gasteiger partial charge in [-0.2, -0.15) is 4.99 Å². The zero-order valence-electron chi connectivity index (χ0n) is 9.32. The lowest BCUT2D eigenvalue weighted by Gasteiger charge is -2.12. The van der Waals surface area contributed by atoms with Gasteiger partial charge in [-0.1, -0.05) is 0 Å². The molecule has 0 heterocycles. The summed E-state index contributed by atoms with van der Waals surface area (Å²) in [7, 11) is 3.20.